The Morgan fingerprint density at radius 3 is 2.67 bits per heavy atom. The summed E-state index contributed by atoms with van der Waals surface area (Å²) in [5.41, 5.74) is 3.90. The molecule has 1 heterocycles. The monoisotopic (exact) mass is 287 g/mol. The van der Waals surface area contributed by atoms with E-state index < -0.39 is 0 Å². The van der Waals surface area contributed by atoms with Gasteiger partial charge in [-0.2, -0.15) is 0 Å². The van der Waals surface area contributed by atoms with Crippen molar-refractivity contribution in [2.45, 2.75) is 27.3 Å². The molecule has 0 saturated carbocycles. The van der Waals surface area contributed by atoms with E-state index in [1.54, 1.807) is 17.2 Å². The third-order valence-electron chi connectivity index (χ3n) is 3.55. The summed E-state index contributed by atoms with van der Waals surface area (Å²) < 4.78 is 14.6. The number of halogens is 1. The Kier molecular flexibility index (Phi) is 4.91. The second kappa shape index (κ2) is 6.68. The maximum atomic E-state index is 14.6. The topological polar surface area (TPSA) is 28.2 Å². The predicted octanol–water partition coefficient (Wildman–Crippen LogP) is 3.71. The molecule has 0 unspecified atom stereocenters. The molecule has 1 N–H and O–H groups in total. The standard InChI is InChI=1S/C17H22FN3/c1-5-19-11-14-8-9-20-17(16(14)18)21(4)15-7-6-12(2)10-13(15)3/h6-10,19H,5,11H2,1-4H3. The van der Waals surface area contributed by atoms with E-state index >= 15 is 0 Å². The molecule has 1 aromatic heterocycles. The molecule has 0 atom stereocenters. The first-order valence-electron chi connectivity index (χ1n) is 7.19. The van der Waals surface area contributed by atoms with Crippen LogP contribution in [0.2, 0.25) is 0 Å². The smallest absolute Gasteiger partial charge is 0.170 e. The fourth-order valence-electron chi connectivity index (χ4n) is 2.40. The molecule has 21 heavy (non-hydrogen) atoms. The molecule has 2 rings (SSSR count). The van der Waals surface area contributed by atoms with Crippen LogP contribution in [-0.4, -0.2) is 18.6 Å². The first kappa shape index (κ1) is 15.4. The van der Waals surface area contributed by atoms with E-state index in [-0.39, 0.29) is 5.82 Å². The molecule has 0 saturated heterocycles. The molecule has 0 amide bonds. The summed E-state index contributed by atoms with van der Waals surface area (Å²) in [7, 11) is 1.85. The van der Waals surface area contributed by atoms with Gasteiger partial charge in [0.05, 0.1) is 0 Å². The summed E-state index contributed by atoms with van der Waals surface area (Å²) in [6.45, 7) is 7.40. The van der Waals surface area contributed by atoms with Crippen molar-refractivity contribution >= 4 is 11.5 Å². The van der Waals surface area contributed by atoms with E-state index in [0.717, 1.165) is 17.8 Å². The Balaban J connectivity index is 2.36. The van der Waals surface area contributed by atoms with Crippen molar-refractivity contribution in [1.82, 2.24) is 10.3 Å². The zero-order chi connectivity index (χ0) is 15.4. The highest BCUT2D eigenvalue weighted by Crippen LogP contribution is 2.28. The summed E-state index contributed by atoms with van der Waals surface area (Å²) in [4.78, 5) is 6.02. The second-order valence-corrected chi connectivity index (χ2v) is 5.24. The van der Waals surface area contributed by atoms with Gasteiger partial charge in [-0.3, -0.25) is 0 Å². The number of nitrogens with one attached hydrogen (secondary N) is 1. The van der Waals surface area contributed by atoms with Gasteiger partial charge < -0.3 is 10.2 Å². The number of aryl methyl sites for hydroxylation is 2. The highest BCUT2D eigenvalue weighted by atomic mass is 19.1. The van der Waals surface area contributed by atoms with Gasteiger partial charge in [-0.1, -0.05) is 24.6 Å². The molecule has 0 aliphatic heterocycles. The lowest BCUT2D eigenvalue weighted by Gasteiger charge is -2.22. The molecule has 0 aliphatic rings. The van der Waals surface area contributed by atoms with Crippen LogP contribution >= 0.6 is 0 Å². The van der Waals surface area contributed by atoms with Gasteiger partial charge in [0.25, 0.3) is 0 Å². The minimum Gasteiger partial charge on any atom is -0.327 e. The van der Waals surface area contributed by atoms with E-state index in [1.165, 1.54) is 5.56 Å². The molecule has 4 heteroatoms. The molecule has 1 aromatic carbocycles. The molecular formula is C17H22FN3. The first-order valence-corrected chi connectivity index (χ1v) is 7.19. The van der Waals surface area contributed by atoms with Gasteiger partial charge in [-0.15, -0.1) is 0 Å². The Labute approximate surface area is 125 Å². The number of anilines is 2. The number of pyridine rings is 1. The van der Waals surface area contributed by atoms with Gasteiger partial charge in [-0.25, -0.2) is 9.37 Å². The average Bonchev–Trinajstić information content (AvgIpc) is 2.45. The lowest BCUT2D eigenvalue weighted by Crippen LogP contribution is -2.18. The summed E-state index contributed by atoms with van der Waals surface area (Å²) in [6.07, 6.45) is 1.66. The van der Waals surface area contributed by atoms with Crippen molar-refractivity contribution < 1.29 is 4.39 Å². The van der Waals surface area contributed by atoms with E-state index in [9.17, 15) is 4.39 Å². The van der Waals surface area contributed by atoms with Crippen LogP contribution in [0.3, 0.4) is 0 Å². The van der Waals surface area contributed by atoms with Gasteiger partial charge in [0.15, 0.2) is 11.6 Å². The largest absolute Gasteiger partial charge is 0.327 e. The highest BCUT2D eigenvalue weighted by molar-refractivity contribution is 5.64. The summed E-state index contributed by atoms with van der Waals surface area (Å²) >= 11 is 0. The maximum absolute atomic E-state index is 14.6. The summed E-state index contributed by atoms with van der Waals surface area (Å²) in [6, 6.07) is 7.84. The number of rotatable bonds is 5. The molecule has 2 aromatic rings. The molecule has 0 fully saturated rings. The number of hydrogen-bond acceptors (Lipinski definition) is 3. The van der Waals surface area contributed by atoms with Crippen LogP contribution in [0.15, 0.2) is 30.5 Å². The van der Waals surface area contributed by atoms with Crippen LogP contribution in [0.25, 0.3) is 0 Å². The van der Waals surface area contributed by atoms with Crippen LogP contribution in [0.5, 0.6) is 0 Å². The number of benzene rings is 1. The minimum atomic E-state index is -0.263. The van der Waals surface area contributed by atoms with Crippen molar-refractivity contribution in [2.24, 2.45) is 0 Å². The Hall–Kier alpha value is -1.94. The fraction of sp³-hybridized carbons (Fsp3) is 0.353. The van der Waals surface area contributed by atoms with E-state index in [4.69, 9.17) is 0 Å². The zero-order valence-electron chi connectivity index (χ0n) is 13.1. The van der Waals surface area contributed by atoms with Gasteiger partial charge in [0.2, 0.25) is 0 Å². The lowest BCUT2D eigenvalue weighted by atomic mass is 10.1. The van der Waals surface area contributed by atoms with Crippen molar-refractivity contribution in [3.63, 3.8) is 0 Å². The van der Waals surface area contributed by atoms with E-state index in [1.807, 2.05) is 40.0 Å². The number of nitrogens with zero attached hydrogens (tertiary/aromatic N) is 2. The number of aromatic nitrogens is 1. The lowest BCUT2D eigenvalue weighted by molar-refractivity contribution is 0.588. The van der Waals surface area contributed by atoms with Crippen LogP contribution in [0, 0.1) is 19.7 Å². The minimum absolute atomic E-state index is 0.263. The predicted molar refractivity (Wildman–Crippen MR) is 85.6 cm³/mol. The fourth-order valence-corrected chi connectivity index (χ4v) is 2.40. The normalized spacial score (nSPS) is 10.7. The molecule has 0 bridgehead atoms. The van der Waals surface area contributed by atoms with E-state index in [2.05, 4.69) is 16.4 Å². The van der Waals surface area contributed by atoms with Crippen molar-refractivity contribution in [3.8, 4) is 0 Å². The Morgan fingerprint density at radius 1 is 1.24 bits per heavy atom. The van der Waals surface area contributed by atoms with Crippen LogP contribution < -0.4 is 10.2 Å². The van der Waals surface area contributed by atoms with Crippen LogP contribution in [-0.2, 0) is 6.54 Å². The molecule has 0 radical (unpaired) electrons. The third-order valence-corrected chi connectivity index (χ3v) is 3.55. The van der Waals surface area contributed by atoms with E-state index in [0.29, 0.717) is 17.9 Å². The summed E-state index contributed by atoms with van der Waals surface area (Å²) in [5, 5.41) is 3.14. The van der Waals surface area contributed by atoms with Gasteiger partial charge >= 0.3 is 0 Å². The number of hydrogen-bond donors (Lipinski definition) is 1. The van der Waals surface area contributed by atoms with Gasteiger partial charge in [0.1, 0.15) is 0 Å². The zero-order valence-corrected chi connectivity index (χ0v) is 13.1. The van der Waals surface area contributed by atoms with Crippen molar-refractivity contribution in [3.05, 3.63) is 53.0 Å². The third kappa shape index (κ3) is 3.39. The van der Waals surface area contributed by atoms with Crippen molar-refractivity contribution in [2.75, 3.05) is 18.5 Å². The average molecular weight is 287 g/mol. The Bertz CT molecular complexity index is 625. The molecule has 3 nitrogen and oxygen atoms in total. The molecule has 0 spiro atoms. The van der Waals surface area contributed by atoms with Crippen LogP contribution in [0.4, 0.5) is 15.9 Å². The molecule has 112 valence electrons. The quantitative estimate of drug-likeness (QED) is 0.908. The molecule has 0 aliphatic carbocycles. The molecular weight excluding hydrogens is 265 g/mol. The Morgan fingerprint density at radius 2 is 2.00 bits per heavy atom. The highest BCUT2D eigenvalue weighted by Gasteiger charge is 2.15. The van der Waals surface area contributed by atoms with Gasteiger partial charge in [-0.05, 0) is 38.1 Å². The second-order valence-electron chi connectivity index (χ2n) is 5.24. The van der Waals surface area contributed by atoms with Crippen LogP contribution in [0.1, 0.15) is 23.6 Å². The first-order chi connectivity index (χ1) is 10.0. The van der Waals surface area contributed by atoms with Crippen molar-refractivity contribution in [1.29, 1.82) is 0 Å². The maximum Gasteiger partial charge on any atom is 0.170 e. The van der Waals surface area contributed by atoms with Gasteiger partial charge in [0, 0.05) is 31.0 Å². The summed E-state index contributed by atoms with van der Waals surface area (Å²) in [5.74, 6) is 0.0956. The SMILES string of the molecule is CCNCc1ccnc(N(C)c2ccc(C)cc2C)c1F.